The molecule has 1 saturated heterocycles. The summed E-state index contributed by atoms with van der Waals surface area (Å²) in [4.78, 5) is 12.6. The predicted molar refractivity (Wildman–Crippen MR) is 53.5 cm³/mol. The maximum Gasteiger partial charge on any atom is 0.207 e. The second-order valence-electron chi connectivity index (χ2n) is 4.12. The Hall–Kier alpha value is -0.570. The van der Waals surface area contributed by atoms with Gasteiger partial charge in [0.25, 0.3) is 0 Å². The highest BCUT2D eigenvalue weighted by Crippen LogP contribution is 2.17. The summed E-state index contributed by atoms with van der Waals surface area (Å²) in [6.45, 7) is 7.66. The van der Waals surface area contributed by atoms with Gasteiger partial charge in [-0.3, -0.25) is 4.79 Å². The fraction of sp³-hybridized carbons (Fsp3) is 0.900. The zero-order chi connectivity index (χ0) is 9.68. The third kappa shape index (κ3) is 3.35. The SMILES string of the molecule is CC(C)N1CCCC(CNC=O)C1. The molecule has 0 aromatic carbocycles. The molecule has 0 radical (unpaired) electrons. The number of hydrogen-bond donors (Lipinski definition) is 1. The lowest BCUT2D eigenvalue weighted by Crippen LogP contribution is -2.42. The molecule has 3 nitrogen and oxygen atoms in total. The van der Waals surface area contributed by atoms with Crippen LogP contribution in [-0.2, 0) is 4.79 Å². The number of amides is 1. The van der Waals surface area contributed by atoms with E-state index in [0.29, 0.717) is 12.0 Å². The molecular formula is C10H20N2O. The highest BCUT2D eigenvalue weighted by atomic mass is 16.1. The van der Waals surface area contributed by atoms with E-state index in [1.54, 1.807) is 0 Å². The minimum absolute atomic E-state index is 0.638. The molecule has 1 aliphatic rings. The number of nitrogens with zero attached hydrogens (tertiary/aromatic N) is 1. The summed E-state index contributed by atoms with van der Waals surface area (Å²) in [7, 11) is 0. The minimum atomic E-state index is 0.638. The molecule has 0 spiro atoms. The van der Waals surface area contributed by atoms with Crippen molar-refractivity contribution in [3.63, 3.8) is 0 Å². The summed E-state index contributed by atoms with van der Waals surface area (Å²) in [5.41, 5.74) is 0. The smallest absolute Gasteiger partial charge is 0.207 e. The summed E-state index contributed by atoms with van der Waals surface area (Å²) >= 11 is 0. The number of carbonyl (C=O) groups is 1. The van der Waals surface area contributed by atoms with Gasteiger partial charge in [-0.05, 0) is 39.2 Å². The molecular weight excluding hydrogens is 164 g/mol. The Morgan fingerprint density at radius 1 is 1.62 bits per heavy atom. The van der Waals surface area contributed by atoms with Gasteiger partial charge in [0.05, 0.1) is 0 Å². The molecule has 0 bridgehead atoms. The Morgan fingerprint density at radius 2 is 2.38 bits per heavy atom. The van der Waals surface area contributed by atoms with Crippen molar-refractivity contribution in [2.24, 2.45) is 5.92 Å². The lowest BCUT2D eigenvalue weighted by atomic mass is 9.97. The first-order valence-electron chi connectivity index (χ1n) is 5.15. The largest absolute Gasteiger partial charge is 0.358 e. The van der Waals surface area contributed by atoms with Gasteiger partial charge in [0.2, 0.25) is 6.41 Å². The van der Waals surface area contributed by atoms with Crippen molar-refractivity contribution < 1.29 is 4.79 Å². The molecule has 0 aromatic heterocycles. The van der Waals surface area contributed by atoms with Crippen LogP contribution in [0.2, 0.25) is 0 Å². The van der Waals surface area contributed by atoms with Gasteiger partial charge in [-0.1, -0.05) is 0 Å². The van der Waals surface area contributed by atoms with Gasteiger partial charge < -0.3 is 10.2 Å². The van der Waals surface area contributed by atoms with Gasteiger partial charge in [0, 0.05) is 19.1 Å². The van der Waals surface area contributed by atoms with Gasteiger partial charge in [-0.15, -0.1) is 0 Å². The second-order valence-corrected chi connectivity index (χ2v) is 4.12. The number of piperidine rings is 1. The molecule has 0 aromatic rings. The van der Waals surface area contributed by atoms with E-state index in [2.05, 4.69) is 24.1 Å². The topological polar surface area (TPSA) is 32.3 Å². The molecule has 13 heavy (non-hydrogen) atoms. The maximum atomic E-state index is 10.1. The zero-order valence-corrected chi connectivity index (χ0v) is 8.62. The minimum Gasteiger partial charge on any atom is -0.358 e. The Bertz CT molecular complexity index is 159. The lowest BCUT2D eigenvalue weighted by Gasteiger charge is -2.35. The van der Waals surface area contributed by atoms with Crippen molar-refractivity contribution in [1.82, 2.24) is 10.2 Å². The molecule has 1 amide bonds. The van der Waals surface area contributed by atoms with E-state index < -0.39 is 0 Å². The van der Waals surface area contributed by atoms with E-state index >= 15 is 0 Å². The number of carbonyl (C=O) groups excluding carboxylic acids is 1. The first-order valence-corrected chi connectivity index (χ1v) is 5.15. The van der Waals surface area contributed by atoms with E-state index in [1.165, 1.54) is 19.4 Å². The van der Waals surface area contributed by atoms with Crippen molar-refractivity contribution in [3.05, 3.63) is 0 Å². The standard InChI is InChI=1S/C10H20N2O/c1-9(2)12-5-3-4-10(7-12)6-11-8-13/h8-10H,3-7H2,1-2H3,(H,11,13). The average molecular weight is 184 g/mol. The Labute approximate surface area is 80.5 Å². The number of hydrogen-bond acceptors (Lipinski definition) is 2. The fourth-order valence-corrected chi connectivity index (χ4v) is 1.95. The van der Waals surface area contributed by atoms with Crippen LogP contribution in [0, 0.1) is 5.92 Å². The van der Waals surface area contributed by atoms with Crippen LogP contribution in [0.5, 0.6) is 0 Å². The molecule has 0 aliphatic carbocycles. The van der Waals surface area contributed by atoms with E-state index in [-0.39, 0.29) is 0 Å². The van der Waals surface area contributed by atoms with Gasteiger partial charge in [-0.2, -0.15) is 0 Å². The highest BCUT2D eigenvalue weighted by Gasteiger charge is 2.20. The second kappa shape index (κ2) is 5.22. The van der Waals surface area contributed by atoms with E-state index in [9.17, 15) is 4.79 Å². The summed E-state index contributed by atoms with van der Waals surface area (Å²) in [5, 5.41) is 2.77. The molecule has 0 saturated carbocycles. The van der Waals surface area contributed by atoms with Crippen LogP contribution in [0.3, 0.4) is 0 Å². The first-order chi connectivity index (χ1) is 6.24. The normalized spacial score (nSPS) is 24.7. The maximum absolute atomic E-state index is 10.1. The van der Waals surface area contributed by atoms with E-state index in [0.717, 1.165) is 19.5 Å². The zero-order valence-electron chi connectivity index (χ0n) is 8.62. The van der Waals surface area contributed by atoms with Crippen molar-refractivity contribution >= 4 is 6.41 Å². The quantitative estimate of drug-likeness (QED) is 0.657. The van der Waals surface area contributed by atoms with Gasteiger partial charge in [0.1, 0.15) is 0 Å². The number of rotatable bonds is 4. The summed E-state index contributed by atoms with van der Waals surface area (Å²) in [5.74, 6) is 0.654. The predicted octanol–water partition coefficient (Wildman–Crippen LogP) is 0.853. The molecule has 1 rings (SSSR count). The molecule has 1 N–H and O–H groups in total. The fourth-order valence-electron chi connectivity index (χ4n) is 1.95. The van der Waals surface area contributed by atoms with Crippen LogP contribution in [0.25, 0.3) is 0 Å². The highest BCUT2D eigenvalue weighted by molar-refractivity contribution is 5.45. The monoisotopic (exact) mass is 184 g/mol. The molecule has 1 fully saturated rings. The molecule has 1 aliphatic heterocycles. The van der Waals surface area contributed by atoms with Crippen LogP contribution >= 0.6 is 0 Å². The van der Waals surface area contributed by atoms with Crippen molar-refractivity contribution in [3.8, 4) is 0 Å². The molecule has 1 heterocycles. The van der Waals surface area contributed by atoms with Gasteiger partial charge in [-0.25, -0.2) is 0 Å². The van der Waals surface area contributed by atoms with Gasteiger partial charge in [0.15, 0.2) is 0 Å². The summed E-state index contributed by atoms with van der Waals surface area (Å²) in [6, 6.07) is 0.638. The molecule has 76 valence electrons. The van der Waals surface area contributed by atoms with E-state index in [4.69, 9.17) is 0 Å². The number of likely N-dealkylation sites (tertiary alicyclic amines) is 1. The van der Waals surface area contributed by atoms with Crippen LogP contribution in [-0.4, -0.2) is 37.0 Å². The van der Waals surface area contributed by atoms with Crippen molar-refractivity contribution in [2.45, 2.75) is 32.7 Å². The lowest BCUT2D eigenvalue weighted by molar-refractivity contribution is -0.109. The van der Waals surface area contributed by atoms with Crippen LogP contribution < -0.4 is 5.32 Å². The molecule has 1 unspecified atom stereocenters. The van der Waals surface area contributed by atoms with Crippen LogP contribution in [0.4, 0.5) is 0 Å². The number of nitrogens with one attached hydrogen (secondary N) is 1. The molecule has 3 heteroatoms. The van der Waals surface area contributed by atoms with Crippen molar-refractivity contribution in [2.75, 3.05) is 19.6 Å². The summed E-state index contributed by atoms with van der Waals surface area (Å²) in [6.07, 6.45) is 3.32. The first kappa shape index (κ1) is 10.5. The van der Waals surface area contributed by atoms with Crippen LogP contribution in [0.1, 0.15) is 26.7 Å². The Morgan fingerprint density at radius 3 is 3.00 bits per heavy atom. The van der Waals surface area contributed by atoms with Crippen LogP contribution in [0.15, 0.2) is 0 Å². The third-order valence-electron chi connectivity index (χ3n) is 2.77. The Balaban J connectivity index is 2.28. The summed E-state index contributed by atoms with van der Waals surface area (Å²) < 4.78 is 0. The Kier molecular flexibility index (Phi) is 4.22. The van der Waals surface area contributed by atoms with Crippen molar-refractivity contribution in [1.29, 1.82) is 0 Å². The van der Waals surface area contributed by atoms with E-state index in [1.807, 2.05) is 0 Å². The third-order valence-corrected chi connectivity index (χ3v) is 2.77. The average Bonchev–Trinajstić information content (AvgIpc) is 2.15. The van der Waals surface area contributed by atoms with Gasteiger partial charge >= 0.3 is 0 Å². The molecule has 1 atom stereocenters.